The van der Waals surface area contributed by atoms with Crippen LogP contribution in [0.25, 0.3) is 0 Å². The second-order valence-electron chi connectivity index (χ2n) is 6.27. The number of likely N-dealkylation sites (tertiary alicyclic amines) is 1. The van der Waals surface area contributed by atoms with Crippen molar-refractivity contribution in [3.8, 4) is 0 Å². The summed E-state index contributed by atoms with van der Waals surface area (Å²) in [6.45, 7) is 4.66. The van der Waals surface area contributed by atoms with E-state index in [0.29, 0.717) is 29.2 Å². The minimum Gasteiger partial charge on any atom is -0.343 e. The number of hydrogen-bond acceptors (Lipinski definition) is 4. The maximum absolute atomic E-state index is 12.4. The van der Waals surface area contributed by atoms with Crippen molar-refractivity contribution in [1.82, 2.24) is 20.2 Å². The Morgan fingerprint density at radius 1 is 1.21 bits per heavy atom. The smallest absolute Gasteiger partial charge is 0.257 e. The third kappa shape index (κ3) is 3.23. The molecule has 0 atom stereocenters. The monoisotopic (exact) mass is 344 g/mol. The molecule has 7 heteroatoms. The van der Waals surface area contributed by atoms with Crippen molar-refractivity contribution in [1.29, 1.82) is 0 Å². The fourth-order valence-electron chi connectivity index (χ4n) is 2.74. The first kappa shape index (κ1) is 16.4. The zero-order chi connectivity index (χ0) is 17.3. The number of carbonyl (C=O) groups is 2. The Hall–Kier alpha value is -2.47. The molecule has 6 nitrogen and oxygen atoms in total. The van der Waals surface area contributed by atoms with Crippen molar-refractivity contribution in [2.45, 2.75) is 19.4 Å². The van der Waals surface area contributed by atoms with Gasteiger partial charge < -0.3 is 10.2 Å². The molecule has 1 fully saturated rings. The highest BCUT2D eigenvalue weighted by atomic mass is 35.5. The predicted molar refractivity (Wildman–Crippen MR) is 90.0 cm³/mol. The number of amides is 2. The lowest BCUT2D eigenvalue weighted by Crippen LogP contribution is -2.69. The van der Waals surface area contributed by atoms with Crippen molar-refractivity contribution in [2.24, 2.45) is 0 Å². The van der Waals surface area contributed by atoms with E-state index in [4.69, 9.17) is 11.6 Å². The first-order valence-electron chi connectivity index (χ1n) is 7.51. The van der Waals surface area contributed by atoms with Gasteiger partial charge in [0.25, 0.3) is 11.8 Å². The van der Waals surface area contributed by atoms with Gasteiger partial charge in [-0.15, -0.1) is 0 Å². The van der Waals surface area contributed by atoms with Crippen LogP contribution >= 0.6 is 11.6 Å². The van der Waals surface area contributed by atoms with Crippen molar-refractivity contribution >= 4 is 23.4 Å². The molecule has 1 N–H and O–H groups in total. The lowest BCUT2D eigenvalue weighted by Gasteiger charge is -2.48. The number of aromatic nitrogens is 2. The Morgan fingerprint density at radius 3 is 2.50 bits per heavy atom. The Bertz CT molecular complexity index is 788. The van der Waals surface area contributed by atoms with Gasteiger partial charge in [0.15, 0.2) is 0 Å². The minimum absolute atomic E-state index is 0.135. The Labute approximate surface area is 144 Å². The SMILES string of the molecule is Cc1cc(C(=O)NC2(C)CN(C(=O)c3cncnc3)C2)ccc1Cl. The first-order valence-corrected chi connectivity index (χ1v) is 7.89. The molecular formula is C17H17ClN4O2. The summed E-state index contributed by atoms with van der Waals surface area (Å²) < 4.78 is 0. The zero-order valence-electron chi connectivity index (χ0n) is 13.4. The van der Waals surface area contributed by atoms with Gasteiger partial charge >= 0.3 is 0 Å². The number of rotatable bonds is 3. The summed E-state index contributed by atoms with van der Waals surface area (Å²) in [5, 5.41) is 3.61. The van der Waals surface area contributed by atoms with Crippen LogP contribution in [-0.4, -0.2) is 45.3 Å². The van der Waals surface area contributed by atoms with Gasteiger partial charge in [-0.05, 0) is 37.6 Å². The molecule has 1 aliphatic heterocycles. The van der Waals surface area contributed by atoms with E-state index in [1.165, 1.54) is 18.7 Å². The summed E-state index contributed by atoms with van der Waals surface area (Å²) >= 11 is 5.98. The summed E-state index contributed by atoms with van der Waals surface area (Å²) in [7, 11) is 0. The number of benzene rings is 1. The van der Waals surface area contributed by atoms with Crippen LogP contribution in [0.5, 0.6) is 0 Å². The molecule has 0 radical (unpaired) electrons. The van der Waals surface area contributed by atoms with Crippen molar-refractivity contribution in [3.63, 3.8) is 0 Å². The largest absolute Gasteiger partial charge is 0.343 e. The molecule has 1 aromatic heterocycles. The molecule has 0 aliphatic carbocycles. The Balaban J connectivity index is 1.62. The summed E-state index contributed by atoms with van der Waals surface area (Å²) in [4.78, 5) is 34.0. The highest BCUT2D eigenvalue weighted by Gasteiger charge is 2.42. The van der Waals surface area contributed by atoms with Gasteiger partial charge in [-0.1, -0.05) is 11.6 Å². The molecule has 2 amide bonds. The van der Waals surface area contributed by atoms with Crippen molar-refractivity contribution in [2.75, 3.05) is 13.1 Å². The molecule has 1 saturated heterocycles. The van der Waals surface area contributed by atoms with Gasteiger partial charge in [-0.2, -0.15) is 0 Å². The number of nitrogens with one attached hydrogen (secondary N) is 1. The molecule has 3 rings (SSSR count). The summed E-state index contributed by atoms with van der Waals surface area (Å²) in [5.41, 5.74) is 1.40. The van der Waals surface area contributed by atoms with Crippen LogP contribution in [0, 0.1) is 6.92 Å². The molecule has 0 spiro atoms. The van der Waals surface area contributed by atoms with Gasteiger partial charge in [-0.25, -0.2) is 9.97 Å². The highest BCUT2D eigenvalue weighted by Crippen LogP contribution is 2.23. The van der Waals surface area contributed by atoms with Crippen LogP contribution in [0.4, 0.5) is 0 Å². The van der Waals surface area contributed by atoms with Crippen LogP contribution in [-0.2, 0) is 0 Å². The van der Waals surface area contributed by atoms with E-state index >= 15 is 0 Å². The summed E-state index contributed by atoms with van der Waals surface area (Å²) in [5.74, 6) is -0.308. The molecule has 0 bridgehead atoms. The molecule has 24 heavy (non-hydrogen) atoms. The minimum atomic E-state index is -0.448. The highest BCUT2D eigenvalue weighted by molar-refractivity contribution is 6.31. The lowest BCUT2D eigenvalue weighted by molar-refractivity contribution is 0.0330. The first-order chi connectivity index (χ1) is 11.4. The molecule has 0 saturated carbocycles. The standard InChI is InChI=1S/C17H17ClN4O2/c1-11-5-12(3-4-14(11)18)15(23)21-17(2)8-22(9-17)16(24)13-6-19-10-20-7-13/h3-7,10H,8-9H2,1-2H3,(H,21,23). The summed E-state index contributed by atoms with van der Waals surface area (Å²) in [6, 6.07) is 5.15. The number of carbonyl (C=O) groups excluding carboxylic acids is 2. The van der Waals surface area contributed by atoms with E-state index in [-0.39, 0.29) is 11.8 Å². The molecule has 0 unspecified atom stereocenters. The molecule has 2 aromatic rings. The topological polar surface area (TPSA) is 75.2 Å². The van der Waals surface area contributed by atoms with Gasteiger partial charge in [0, 0.05) is 36.1 Å². The van der Waals surface area contributed by atoms with Crippen molar-refractivity contribution in [3.05, 3.63) is 58.6 Å². The van der Waals surface area contributed by atoms with Crippen LogP contribution in [0.3, 0.4) is 0 Å². The molecule has 1 aliphatic rings. The summed E-state index contributed by atoms with van der Waals surface area (Å²) in [6.07, 6.45) is 4.35. The average Bonchev–Trinajstić information content (AvgIpc) is 2.55. The number of aryl methyl sites for hydroxylation is 1. The number of nitrogens with zero attached hydrogens (tertiary/aromatic N) is 3. The predicted octanol–water partition coefficient (Wildman–Crippen LogP) is 2.08. The number of halogens is 1. The van der Waals surface area contributed by atoms with E-state index < -0.39 is 5.54 Å². The second-order valence-corrected chi connectivity index (χ2v) is 6.67. The fraction of sp³-hybridized carbons (Fsp3) is 0.294. The Kier molecular flexibility index (Phi) is 4.24. The van der Waals surface area contributed by atoms with E-state index in [9.17, 15) is 9.59 Å². The van der Waals surface area contributed by atoms with Gasteiger partial charge in [0.1, 0.15) is 6.33 Å². The zero-order valence-corrected chi connectivity index (χ0v) is 14.2. The quantitative estimate of drug-likeness (QED) is 0.925. The third-order valence-electron chi connectivity index (χ3n) is 4.01. The van der Waals surface area contributed by atoms with Crippen LogP contribution < -0.4 is 5.32 Å². The molecule has 124 valence electrons. The fourth-order valence-corrected chi connectivity index (χ4v) is 2.86. The molecule has 1 aromatic carbocycles. The molecular weight excluding hydrogens is 328 g/mol. The van der Waals surface area contributed by atoms with Gasteiger partial charge in [0.2, 0.25) is 0 Å². The maximum atomic E-state index is 12.4. The Morgan fingerprint density at radius 2 is 1.88 bits per heavy atom. The molecule has 2 heterocycles. The van der Waals surface area contributed by atoms with E-state index in [0.717, 1.165) is 5.56 Å². The normalized spacial score (nSPS) is 15.5. The van der Waals surface area contributed by atoms with Crippen LogP contribution in [0.15, 0.2) is 36.9 Å². The van der Waals surface area contributed by atoms with Gasteiger partial charge in [-0.3, -0.25) is 9.59 Å². The van der Waals surface area contributed by atoms with Crippen LogP contribution in [0.2, 0.25) is 5.02 Å². The number of hydrogen-bond donors (Lipinski definition) is 1. The third-order valence-corrected chi connectivity index (χ3v) is 4.43. The second kappa shape index (κ2) is 6.20. The van der Waals surface area contributed by atoms with Crippen molar-refractivity contribution < 1.29 is 9.59 Å². The van der Waals surface area contributed by atoms with E-state index in [1.807, 2.05) is 13.8 Å². The lowest BCUT2D eigenvalue weighted by atomic mass is 9.91. The maximum Gasteiger partial charge on any atom is 0.257 e. The van der Waals surface area contributed by atoms with E-state index in [1.54, 1.807) is 23.1 Å². The van der Waals surface area contributed by atoms with Crippen LogP contribution in [0.1, 0.15) is 33.2 Å². The van der Waals surface area contributed by atoms with E-state index in [2.05, 4.69) is 15.3 Å². The average molecular weight is 345 g/mol. The van der Waals surface area contributed by atoms with Gasteiger partial charge in [0.05, 0.1) is 11.1 Å².